The molecule has 1 aliphatic rings. The van der Waals surface area contributed by atoms with Crippen LogP contribution < -0.4 is 5.32 Å². The Balaban J connectivity index is 1.48. The van der Waals surface area contributed by atoms with Crippen molar-refractivity contribution < 1.29 is 4.79 Å². The van der Waals surface area contributed by atoms with Gasteiger partial charge in [0.05, 0.1) is 5.75 Å². The van der Waals surface area contributed by atoms with Gasteiger partial charge in [0.1, 0.15) is 0 Å². The van der Waals surface area contributed by atoms with E-state index in [1.165, 1.54) is 48.6 Å². The second kappa shape index (κ2) is 9.03. The topological polar surface area (TPSA) is 59.8 Å². The van der Waals surface area contributed by atoms with Crippen LogP contribution in [0.3, 0.4) is 0 Å². The van der Waals surface area contributed by atoms with Crippen molar-refractivity contribution in [3.63, 3.8) is 0 Å². The van der Waals surface area contributed by atoms with Crippen LogP contribution in [0.2, 0.25) is 0 Å². The normalized spacial score (nSPS) is 14.2. The molecule has 0 unspecified atom stereocenters. The first-order valence-corrected chi connectivity index (χ1v) is 10.2. The second-order valence-electron chi connectivity index (χ2n) is 6.73. The van der Waals surface area contributed by atoms with Crippen molar-refractivity contribution >= 4 is 17.7 Å². The van der Waals surface area contributed by atoms with Gasteiger partial charge in [-0.05, 0) is 45.1 Å². The van der Waals surface area contributed by atoms with Crippen molar-refractivity contribution in [1.82, 2.24) is 20.1 Å². The Labute approximate surface area is 159 Å². The molecule has 1 N–H and O–H groups in total. The molecule has 1 aromatic heterocycles. The van der Waals surface area contributed by atoms with Crippen LogP contribution in [0.25, 0.3) is 11.4 Å². The van der Waals surface area contributed by atoms with Crippen LogP contribution in [-0.4, -0.2) is 33.0 Å². The standard InChI is InChI=1S/C20H26N4OS/c1-15-7-6-10-17(13-15)19-22-23-20(24(19)2)26-14-18(25)21-12-11-16-8-4-3-5-9-16/h6-8,10,13H,3-5,9,11-12,14H2,1-2H3,(H,21,25). The fourth-order valence-corrected chi connectivity index (χ4v) is 3.89. The zero-order valence-electron chi connectivity index (χ0n) is 15.5. The highest BCUT2D eigenvalue weighted by atomic mass is 32.2. The van der Waals surface area contributed by atoms with Gasteiger partial charge in [-0.1, -0.05) is 47.2 Å². The number of nitrogens with one attached hydrogen (secondary N) is 1. The number of amides is 1. The number of carbonyl (C=O) groups excluding carboxylic acids is 1. The van der Waals surface area contributed by atoms with E-state index in [4.69, 9.17) is 0 Å². The molecular weight excluding hydrogens is 344 g/mol. The Kier molecular flexibility index (Phi) is 6.50. The van der Waals surface area contributed by atoms with Gasteiger partial charge in [0.15, 0.2) is 11.0 Å². The van der Waals surface area contributed by atoms with E-state index in [1.54, 1.807) is 0 Å². The Morgan fingerprint density at radius 1 is 1.31 bits per heavy atom. The molecule has 138 valence electrons. The molecule has 1 aromatic carbocycles. The lowest BCUT2D eigenvalue weighted by Gasteiger charge is -2.12. The van der Waals surface area contributed by atoms with E-state index in [1.807, 2.05) is 23.7 Å². The van der Waals surface area contributed by atoms with Gasteiger partial charge in [-0.3, -0.25) is 4.79 Å². The second-order valence-corrected chi connectivity index (χ2v) is 7.67. The maximum atomic E-state index is 12.1. The van der Waals surface area contributed by atoms with E-state index in [-0.39, 0.29) is 5.91 Å². The molecule has 0 atom stereocenters. The van der Waals surface area contributed by atoms with Gasteiger partial charge in [0.2, 0.25) is 5.91 Å². The number of thioether (sulfide) groups is 1. The number of rotatable bonds is 7. The summed E-state index contributed by atoms with van der Waals surface area (Å²) in [4.78, 5) is 12.1. The van der Waals surface area contributed by atoms with Crippen LogP contribution in [0.1, 0.15) is 37.7 Å². The number of benzene rings is 1. The fraction of sp³-hybridized carbons (Fsp3) is 0.450. The van der Waals surface area contributed by atoms with Gasteiger partial charge < -0.3 is 9.88 Å². The summed E-state index contributed by atoms with van der Waals surface area (Å²) in [6, 6.07) is 8.19. The van der Waals surface area contributed by atoms with E-state index in [9.17, 15) is 4.79 Å². The SMILES string of the molecule is Cc1cccc(-c2nnc(SCC(=O)NCCC3=CCCCC3)n2C)c1. The lowest BCUT2D eigenvalue weighted by Crippen LogP contribution is -2.26. The molecule has 5 nitrogen and oxygen atoms in total. The third-order valence-electron chi connectivity index (χ3n) is 4.60. The van der Waals surface area contributed by atoms with Crippen molar-refractivity contribution in [3.05, 3.63) is 41.5 Å². The van der Waals surface area contributed by atoms with Gasteiger partial charge in [0, 0.05) is 19.2 Å². The Morgan fingerprint density at radius 2 is 2.19 bits per heavy atom. The number of aromatic nitrogens is 3. The minimum absolute atomic E-state index is 0.0477. The van der Waals surface area contributed by atoms with Gasteiger partial charge in [-0.15, -0.1) is 10.2 Å². The van der Waals surface area contributed by atoms with Crippen LogP contribution in [0.15, 0.2) is 41.1 Å². The summed E-state index contributed by atoms with van der Waals surface area (Å²) in [5.74, 6) is 1.23. The van der Waals surface area contributed by atoms with Gasteiger partial charge >= 0.3 is 0 Å². The summed E-state index contributed by atoms with van der Waals surface area (Å²) in [5, 5.41) is 12.3. The fourth-order valence-electron chi connectivity index (χ4n) is 3.15. The molecule has 0 saturated heterocycles. The van der Waals surface area contributed by atoms with Crippen molar-refractivity contribution in [3.8, 4) is 11.4 Å². The molecule has 1 aliphatic carbocycles. The lowest BCUT2D eigenvalue weighted by atomic mass is 9.97. The summed E-state index contributed by atoms with van der Waals surface area (Å²) < 4.78 is 1.94. The van der Waals surface area contributed by atoms with Gasteiger partial charge in [-0.2, -0.15) is 0 Å². The summed E-state index contributed by atoms with van der Waals surface area (Å²) >= 11 is 1.42. The van der Waals surface area contributed by atoms with E-state index < -0.39 is 0 Å². The first-order valence-electron chi connectivity index (χ1n) is 9.17. The highest BCUT2D eigenvalue weighted by Crippen LogP contribution is 2.23. The molecule has 0 saturated carbocycles. The van der Waals surface area contributed by atoms with Crippen LogP contribution in [0, 0.1) is 6.92 Å². The first kappa shape index (κ1) is 18.7. The number of hydrogen-bond acceptors (Lipinski definition) is 4. The average molecular weight is 371 g/mol. The Hall–Kier alpha value is -2.08. The van der Waals surface area contributed by atoms with E-state index in [0.29, 0.717) is 5.75 Å². The summed E-state index contributed by atoms with van der Waals surface area (Å²) in [6.45, 7) is 2.78. The van der Waals surface area contributed by atoms with Crippen molar-refractivity contribution in [2.75, 3.05) is 12.3 Å². The summed E-state index contributed by atoms with van der Waals surface area (Å²) in [5.41, 5.74) is 3.71. The molecule has 6 heteroatoms. The molecule has 0 fully saturated rings. The van der Waals surface area contributed by atoms with Crippen LogP contribution >= 0.6 is 11.8 Å². The lowest BCUT2D eigenvalue weighted by molar-refractivity contribution is -0.118. The minimum atomic E-state index is 0.0477. The molecule has 1 heterocycles. The van der Waals surface area contributed by atoms with Gasteiger partial charge in [0.25, 0.3) is 0 Å². The largest absolute Gasteiger partial charge is 0.355 e. The molecule has 0 bridgehead atoms. The zero-order chi connectivity index (χ0) is 18.4. The molecule has 3 rings (SSSR count). The quantitative estimate of drug-likeness (QED) is 0.593. The molecule has 0 aliphatic heterocycles. The number of carbonyl (C=O) groups is 1. The minimum Gasteiger partial charge on any atom is -0.355 e. The number of aryl methyl sites for hydroxylation is 1. The number of nitrogens with zero attached hydrogens (tertiary/aromatic N) is 3. The Morgan fingerprint density at radius 3 is 2.96 bits per heavy atom. The Bertz CT molecular complexity index is 797. The average Bonchev–Trinajstić information content (AvgIpc) is 3.01. The smallest absolute Gasteiger partial charge is 0.230 e. The van der Waals surface area contributed by atoms with Crippen LogP contribution in [-0.2, 0) is 11.8 Å². The van der Waals surface area contributed by atoms with Crippen LogP contribution in [0.5, 0.6) is 0 Å². The summed E-state index contributed by atoms with van der Waals surface area (Å²) in [6.07, 6.45) is 8.26. The van der Waals surface area contributed by atoms with E-state index in [2.05, 4.69) is 40.6 Å². The third kappa shape index (κ3) is 4.97. The van der Waals surface area contributed by atoms with Crippen molar-refractivity contribution in [2.24, 2.45) is 7.05 Å². The maximum Gasteiger partial charge on any atom is 0.230 e. The van der Waals surface area contributed by atoms with Crippen molar-refractivity contribution in [2.45, 2.75) is 44.2 Å². The molecule has 26 heavy (non-hydrogen) atoms. The molecule has 0 radical (unpaired) electrons. The van der Waals surface area contributed by atoms with E-state index >= 15 is 0 Å². The summed E-state index contributed by atoms with van der Waals surface area (Å²) in [7, 11) is 1.94. The molecule has 2 aromatic rings. The predicted octanol–water partition coefficient (Wildman–Crippen LogP) is 3.89. The van der Waals surface area contributed by atoms with E-state index in [0.717, 1.165) is 29.5 Å². The molecule has 1 amide bonds. The molecule has 0 spiro atoms. The predicted molar refractivity (Wildman–Crippen MR) is 106 cm³/mol. The monoisotopic (exact) mass is 370 g/mol. The van der Waals surface area contributed by atoms with Gasteiger partial charge in [-0.25, -0.2) is 0 Å². The molecular formula is C20H26N4OS. The number of allylic oxidation sites excluding steroid dienone is 1. The third-order valence-corrected chi connectivity index (χ3v) is 5.62. The highest BCUT2D eigenvalue weighted by Gasteiger charge is 2.13. The highest BCUT2D eigenvalue weighted by molar-refractivity contribution is 7.99. The van der Waals surface area contributed by atoms with Crippen LogP contribution in [0.4, 0.5) is 0 Å². The first-order chi connectivity index (χ1) is 12.6. The zero-order valence-corrected chi connectivity index (χ0v) is 16.3. The number of hydrogen-bond donors (Lipinski definition) is 1. The maximum absolute atomic E-state index is 12.1. The van der Waals surface area contributed by atoms with Crippen molar-refractivity contribution in [1.29, 1.82) is 0 Å².